The van der Waals surface area contributed by atoms with Crippen molar-refractivity contribution in [3.8, 4) is 0 Å². The number of ether oxygens (including phenoxy) is 1. The molecule has 2 atom stereocenters. The maximum atomic E-state index is 9.05. The first-order chi connectivity index (χ1) is 5.70. The Balaban J connectivity index is -0.000000605. The van der Waals surface area contributed by atoms with E-state index < -0.39 is 0 Å². The SMILES string of the molecule is C.C.CCC(CC(C)O)OCCOO. The third-order valence-electron chi connectivity index (χ3n) is 1.59. The minimum Gasteiger partial charge on any atom is -0.393 e. The minimum atomic E-state index is -0.343. The van der Waals surface area contributed by atoms with Gasteiger partial charge in [0.15, 0.2) is 0 Å². The lowest BCUT2D eigenvalue weighted by atomic mass is 10.1. The van der Waals surface area contributed by atoms with Gasteiger partial charge < -0.3 is 9.84 Å². The van der Waals surface area contributed by atoms with Gasteiger partial charge in [-0.15, -0.1) is 0 Å². The molecular weight excluding hydrogens is 184 g/mol. The Morgan fingerprint density at radius 3 is 2.14 bits per heavy atom. The van der Waals surface area contributed by atoms with Crippen LogP contribution >= 0.6 is 0 Å². The highest BCUT2D eigenvalue weighted by Crippen LogP contribution is 2.06. The molecule has 0 aliphatic rings. The van der Waals surface area contributed by atoms with Crippen LogP contribution in [0.5, 0.6) is 0 Å². The molecule has 0 aromatic heterocycles. The summed E-state index contributed by atoms with van der Waals surface area (Å²) in [5.41, 5.74) is 0. The highest BCUT2D eigenvalue weighted by molar-refractivity contribution is 4.59. The molecule has 0 saturated carbocycles. The second-order valence-electron chi connectivity index (χ2n) is 2.82. The van der Waals surface area contributed by atoms with Gasteiger partial charge in [-0.3, -0.25) is 5.26 Å². The van der Waals surface area contributed by atoms with Gasteiger partial charge in [-0.2, -0.15) is 0 Å². The molecule has 0 radical (unpaired) electrons. The van der Waals surface area contributed by atoms with Gasteiger partial charge in [0.2, 0.25) is 0 Å². The van der Waals surface area contributed by atoms with Gasteiger partial charge in [-0.25, -0.2) is 4.89 Å². The van der Waals surface area contributed by atoms with Gasteiger partial charge >= 0.3 is 0 Å². The van der Waals surface area contributed by atoms with Crippen molar-refractivity contribution < 1.29 is 20.0 Å². The van der Waals surface area contributed by atoms with E-state index in [-0.39, 0.29) is 33.7 Å². The van der Waals surface area contributed by atoms with Crippen LogP contribution in [-0.2, 0) is 9.62 Å². The summed E-state index contributed by atoms with van der Waals surface area (Å²) in [4.78, 5) is 3.85. The van der Waals surface area contributed by atoms with E-state index in [0.29, 0.717) is 13.0 Å². The Hall–Kier alpha value is -0.160. The minimum absolute atomic E-state index is 0. The summed E-state index contributed by atoms with van der Waals surface area (Å²) in [5.74, 6) is 0. The van der Waals surface area contributed by atoms with Crippen molar-refractivity contribution in [2.45, 2.75) is 53.8 Å². The molecule has 0 fully saturated rings. The fraction of sp³-hybridized carbons (Fsp3) is 1.00. The van der Waals surface area contributed by atoms with Crippen molar-refractivity contribution in [3.05, 3.63) is 0 Å². The van der Waals surface area contributed by atoms with Gasteiger partial charge in [0.05, 0.1) is 18.8 Å². The van der Waals surface area contributed by atoms with E-state index in [1.165, 1.54) is 0 Å². The van der Waals surface area contributed by atoms with Crippen LogP contribution < -0.4 is 0 Å². The monoisotopic (exact) mass is 210 g/mol. The van der Waals surface area contributed by atoms with Crippen molar-refractivity contribution in [2.24, 2.45) is 0 Å². The third-order valence-corrected chi connectivity index (χ3v) is 1.59. The second kappa shape index (κ2) is 12.8. The van der Waals surface area contributed by atoms with Gasteiger partial charge in [0.25, 0.3) is 0 Å². The van der Waals surface area contributed by atoms with Gasteiger partial charge in [-0.1, -0.05) is 21.8 Å². The predicted molar refractivity (Wildman–Crippen MR) is 58.4 cm³/mol. The first-order valence-electron chi connectivity index (χ1n) is 4.26. The van der Waals surface area contributed by atoms with Crippen molar-refractivity contribution in [1.82, 2.24) is 0 Å². The van der Waals surface area contributed by atoms with Crippen LogP contribution in [0.4, 0.5) is 0 Å². The highest BCUT2D eigenvalue weighted by Gasteiger charge is 2.09. The molecule has 0 aromatic carbocycles. The first-order valence-corrected chi connectivity index (χ1v) is 4.26. The Kier molecular flexibility index (Phi) is 17.8. The van der Waals surface area contributed by atoms with Crippen molar-refractivity contribution in [3.63, 3.8) is 0 Å². The quantitative estimate of drug-likeness (QED) is 0.384. The van der Waals surface area contributed by atoms with Crippen LogP contribution in [0.1, 0.15) is 41.5 Å². The summed E-state index contributed by atoms with van der Waals surface area (Å²) in [5, 5.41) is 17.1. The van der Waals surface area contributed by atoms with Crippen molar-refractivity contribution >= 4 is 0 Å². The summed E-state index contributed by atoms with van der Waals surface area (Å²) >= 11 is 0. The predicted octanol–water partition coefficient (Wildman–Crippen LogP) is 2.31. The maximum absolute atomic E-state index is 9.05. The van der Waals surface area contributed by atoms with Crippen LogP contribution in [0.15, 0.2) is 0 Å². The lowest BCUT2D eigenvalue weighted by Crippen LogP contribution is -2.20. The third kappa shape index (κ3) is 11.8. The lowest BCUT2D eigenvalue weighted by Gasteiger charge is -2.16. The van der Waals surface area contributed by atoms with Crippen LogP contribution in [-0.4, -0.2) is 35.8 Å². The topological polar surface area (TPSA) is 58.9 Å². The van der Waals surface area contributed by atoms with Crippen LogP contribution in [0, 0.1) is 0 Å². The van der Waals surface area contributed by atoms with E-state index in [9.17, 15) is 0 Å². The summed E-state index contributed by atoms with van der Waals surface area (Å²) < 4.78 is 5.30. The zero-order chi connectivity index (χ0) is 9.40. The van der Waals surface area contributed by atoms with Crippen LogP contribution in [0.2, 0.25) is 0 Å². The lowest BCUT2D eigenvalue weighted by molar-refractivity contribution is -0.251. The summed E-state index contributed by atoms with van der Waals surface area (Å²) in [6.45, 7) is 4.26. The molecule has 14 heavy (non-hydrogen) atoms. The number of hydrogen-bond acceptors (Lipinski definition) is 4. The molecular formula is C10H26O4. The Morgan fingerprint density at radius 1 is 1.21 bits per heavy atom. The Labute approximate surface area is 87.8 Å². The van der Waals surface area contributed by atoms with Gasteiger partial charge in [-0.05, 0) is 19.8 Å². The molecule has 0 saturated heterocycles. The molecule has 0 rings (SSSR count). The summed E-state index contributed by atoms with van der Waals surface area (Å²) in [7, 11) is 0. The van der Waals surface area contributed by atoms with E-state index in [2.05, 4.69) is 4.89 Å². The van der Waals surface area contributed by atoms with Crippen molar-refractivity contribution in [2.75, 3.05) is 13.2 Å². The van der Waals surface area contributed by atoms with E-state index in [1.54, 1.807) is 6.92 Å². The first kappa shape index (κ1) is 19.4. The number of hydrogen-bond donors (Lipinski definition) is 2. The molecule has 4 heteroatoms. The average Bonchev–Trinajstić information content (AvgIpc) is 2.02. The molecule has 90 valence electrons. The van der Waals surface area contributed by atoms with E-state index >= 15 is 0 Å². The molecule has 4 nitrogen and oxygen atoms in total. The summed E-state index contributed by atoms with van der Waals surface area (Å²) in [6.07, 6.45) is 1.20. The second-order valence-corrected chi connectivity index (χ2v) is 2.82. The fourth-order valence-corrected chi connectivity index (χ4v) is 0.985. The molecule has 0 aromatic rings. The molecule has 0 aliphatic carbocycles. The smallest absolute Gasteiger partial charge is 0.105 e. The number of aliphatic hydroxyl groups is 1. The Bertz CT molecular complexity index is 96.1. The van der Waals surface area contributed by atoms with Crippen LogP contribution in [0.25, 0.3) is 0 Å². The fourth-order valence-electron chi connectivity index (χ4n) is 0.985. The van der Waals surface area contributed by atoms with Crippen LogP contribution in [0.3, 0.4) is 0 Å². The van der Waals surface area contributed by atoms with Gasteiger partial charge in [0, 0.05) is 0 Å². The Morgan fingerprint density at radius 2 is 1.79 bits per heavy atom. The van der Waals surface area contributed by atoms with Crippen molar-refractivity contribution in [1.29, 1.82) is 0 Å². The molecule has 2 unspecified atom stereocenters. The molecule has 0 bridgehead atoms. The van der Waals surface area contributed by atoms with E-state index in [0.717, 1.165) is 6.42 Å². The molecule has 0 spiro atoms. The standard InChI is InChI=1S/C8H18O4.2CH4/c1-3-8(6-7(2)9)11-4-5-12-10;;/h7-10H,3-6H2,1-2H3;2*1H4. The molecule has 2 N–H and O–H groups in total. The molecule has 0 heterocycles. The van der Waals surface area contributed by atoms with E-state index in [1.807, 2.05) is 6.92 Å². The zero-order valence-corrected chi connectivity index (χ0v) is 7.69. The molecule has 0 amide bonds. The van der Waals surface area contributed by atoms with E-state index in [4.69, 9.17) is 15.1 Å². The largest absolute Gasteiger partial charge is 0.393 e. The maximum Gasteiger partial charge on any atom is 0.105 e. The number of aliphatic hydroxyl groups excluding tert-OH is 1. The van der Waals surface area contributed by atoms with Gasteiger partial charge in [0.1, 0.15) is 6.61 Å². The normalized spacial score (nSPS) is 13.7. The molecule has 0 aliphatic heterocycles. The zero-order valence-electron chi connectivity index (χ0n) is 7.69. The number of rotatable bonds is 7. The highest BCUT2D eigenvalue weighted by atomic mass is 17.1. The average molecular weight is 210 g/mol. The summed E-state index contributed by atoms with van der Waals surface area (Å²) in [6, 6.07) is 0.